The molecule has 0 aliphatic heterocycles. The van der Waals surface area contributed by atoms with Gasteiger partial charge in [0.05, 0.1) is 5.56 Å². The summed E-state index contributed by atoms with van der Waals surface area (Å²) in [6, 6.07) is 8.14. The number of aryl methyl sites for hydroxylation is 1. The van der Waals surface area contributed by atoms with Crippen LogP contribution in [0.1, 0.15) is 68.8 Å². The Morgan fingerprint density at radius 1 is 1.17 bits per heavy atom. The molecular weight excluding hydrogens is 362 g/mol. The molecular formula is C24H31N3O2. The molecule has 5 nitrogen and oxygen atoms in total. The SMILES string of the molecule is CC(C)CCNC(=O)c1cn(C2CCCCC2)c(=O)c2c1c1ccccc1n2C. The highest BCUT2D eigenvalue weighted by Crippen LogP contribution is 2.32. The van der Waals surface area contributed by atoms with Crippen molar-refractivity contribution in [1.82, 2.24) is 14.5 Å². The van der Waals surface area contributed by atoms with E-state index in [1.54, 1.807) is 0 Å². The summed E-state index contributed by atoms with van der Waals surface area (Å²) in [5.41, 5.74) is 2.25. The molecule has 1 aliphatic rings. The van der Waals surface area contributed by atoms with Crippen molar-refractivity contribution in [3.63, 3.8) is 0 Å². The number of pyridine rings is 1. The number of para-hydroxylation sites is 1. The molecule has 1 aromatic carbocycles. The zero-order valence-electron chi connectivity index (χ0n) is 17.7. The number of nitrogens with one attached hydrogen (secondary N) is 1. The van der Waals surface area contributed by atoms with E-state index in [2.05, 4.69) is 19.2 Å². The van der Waals surface area contributed by atoms with Gasteiger partial charge in [0.15, 0.2) is 0 Å². The Hall–Kier alpha value is -2.56. The monoisotopic (exact) mass is 393 g/mol. The summed E-state index contributed by atoms with van der Waals surface area (Å²) in [5.74, 6) is 0.445. The van der Waals surface area contributed by atoms with Crippen molar-refractivity contribution in [3.8, 4) is 0 Å². The molecule has 0 saturated heterocycles. The van der Waals surface area contributed by atoms with Gasteiger partial charge >= 0.3 is 0 Å². The first-order chi connectivity index (χ1) is 14.0. The van der Waals surface area contributed by atoms with E-state index in [-0.39, 0.29) is 17.5 Å². The first-order valence-electron chi connectivity index (χ1n) is 10.9. The summed E-state index contributed by atoms with van der Waals surface area (Å²) < 4.78 is 3.80. The number of nitrogens with zero attached hydrogens (tertiary/aromatic N) is 2. The normalized spacial score (nSPS) is 15.4. The molecule has 1 saturated carbocycles. The van der Waals surface area contributed by atoms with Crippen molar-refractivity contribution in [2.75, 3.05) is 6.54 Å². The molecule has 0 unspecified atom stereocenters. The van der Waals surface area contributed by atoms with Crippen LogP contribution in [0.3, 0.4) is 0 Å². The second kappa shape index (κ2) is 8.05. The van der Waals surface area contributed by atoms with Crippen molar-refractivity contribution in [2.45, 2.75) is 58.4 Å². The number of carbonyl (C=O) groups is 1. The molecule has 1 amide bonds. The Balaban J connectivity index is 1.91. The van der Waals surface area contributed by atoms with Gasteiger partial charge in [-0.3, -0.25) is 9.59 Å². The van der Waals surface area contributed by atoms with Gasteiger partial charge in [0.2, 0.25) is 0 Å². The summed E-state index contributed by atoms with van der Waals surface area (Å²) in [7, 11) is 1.93. The maximum absolute atomic E-state index is 13.5. The third-order valence-electron chi connectivity index (χ3n) is 6.30. The van der Waals surface area contributed by atoms with Crippen LogP contribution < -0.4 is 10.9 Å². The fourth-order valence-corrected chi connectivity index (χ4v) is 4.67. The van der Waals surface area contributed by atoms with Gasteiger partial charge in [0, 0.05) is 42.1 Å². The first kappa shape index (κ1) is 19.7. The average molecular weight is 394 g/mol. The molecule has 2 heterocycles. The number of aromatic nitrogens is 2. The van der Waals surface area contributed by atoms with Crippen molar-refractivity contribution >= 4 is 27.7 Å². The number of rotatable bonds is 5. The summed E-state index contributed by atoms with van der Waals surface area (Å²) in [6.07, 6.45) is 8.28. The van der Waals surface area contributed by atoms with Crippen molar-refractivity contribution in [2.24, 2.45) is 13.0 Å². The number of fused-ring (bicyclic) bond motifs is 3. The number of hydrogen-bond acceptors (Lipinski definition) is 2. The van der Waals surface area contributed by atoms with Crippen LogP contribution in [0, 0.1) is 5.92 Å². The number of amides is 1. The molecule has 5 heteroatoms. The number of hydrogen-bond donors (Lipinski definition) is 1. The molecule has 1 aliphatic carbocycles. The van der Waals surface area contributed by atoms with Crippen molar-refractivity contribution in [1.29, 1.82) is 0 Å². The lowest BCUT2D eigenvalue weighted by Crippen LogP contribution is -2.31. The highest BCUT2D eigenvalue weighted by Gasteiger charge is 2.24. The summed E-state index contributed by atoms with van der Waals surface area (Å²) in [4.78, 5) is 26.7. The molecule has 0 atom stereocenters. The molecule has 4 rings (SSSR count). The number of carbonyl (C=O) groups excluding carboxylic acids is 1. The van der Waals surface area contributed by atoms with Gasteiger partial charge in [-0.25, -0.2) is 0 Å². The lowest BCUT2D eigenvalue weighted by Gasteiger charge is -2.25. The lowest BCUT2D eigenvalue weighted by molar-refractivity contribution is 0.0952. The predicted molar refractivity (Wildman–Crippen MR) is 119 cm³/mol. The molecule has 0 bridgehead atoms. The van der Waals surface area contributed by atoms with Crippen molar-refractivity contribution < 1.29 is 4.79 Å². The van der Waals surface area contributed by atoms with Gasteiger partial charge in [0.25, 0.3) is 11.5 Å². The van der Waals surface area contributed by atoms with E-state index >= 15 is 0 Å². The van der Waals surface area contributed by atoms with Crippen LogP contribution in [0.2, 0.25) is 0 Å². The third-order valence-corrected chi connectivity index (χ3v) is 6.30. The van der Waals surface area contributed by atoms with Crippen LogP contribution in [-0.2, 0) is 7.05 Å². The zero-order valence-corrected chi connectivity index (χ0v) is 17.7. The molecule has 1 N–H and O–H groups in total. The van der Waals surface area contributed by atoms with Crippen LogP contribution in [0.4, 0.5) is 0 Å². The van der Waals surface area contributed by atoms with E-state index in [1.807, 2.05) is 46.6 Å². The molecule has 1 fully saturated rings. The van der Waals surface area contributed by atoms with E-state index in [0.717, 1.165) is 48.4 Å². The Kier molecular flexibility index (Phi) is 5.48. The Bertz CT molecular complexity index is 1100. The second-order valence-electron chi connectivity index (χ2n) is 8.79. The molecule has 0 radical (unpaired) electrons. The quantitative estimate of drug-likeness (QED) is 0.678. The van der Waals surface area contributed by atoms with Gasteiger partial charge < -0.3 is 14.5 Å². The zero-order chi connectivity index (χ0) is 20.5. The minimum absolute atomic E-state index is 0.0179. The standard InChI is InChI=1S/C24H31N3O2/c1-16(2)13-14-25-23(28)19-15-27(17-9-5-4-6-10-17)24(29)22-21(19)18-11-7-8-12-20(18)26(22)3/h7-8,11-12,15-17H,4-6,9-10,13-14H2,1-3H3,(H,25,28). The van der Waals surface area contributed by atoms with Crippen LogP contribution >= 0.6 is 0 Å². The fraction of sp³-hybridized carbons (Fsp3) is 0.500. The fourth-order valence-electron chi connectivity index (χ4n) is 4.67. The average Bonchev–Trinajstić information content (AvgIpc) is 3.02. The van der Waals surface area contributed by atoms with Gasteiger partial charge in [-0.2, -0.15) is 0 Å². The van der Waals surface area contributed by atoms with Gasteiger partial charge in [0.1, 0.15) is 5.52 Å². The smallest absolute Gasteiger partial charge is 0.275 e. The summed E-state index contributed by atoms with van der Waals surface area (Å²) >= 11 is 0. The van der Waals surface area contributed by atoms with E-state index in [1.165, 1.54) is 6.42 Å². The summed E-state index contributed by atoms with van der Waals surface area (Å²) in [6.45, 7) is 4.95. The van der Waals surface area contributed by atoms with Gasteiger partial charge in [-0.05, 0) is 31.2 Å². The third kappa shape index (κ3) is 3.59. The topological polar surface area (TPSA) is 56.0 Å². The number of benzene rings is 1. The Morgan fingerprint density at radius 2 is 1.90 bits per heavy atom. The van der Waals surface area contributed by atoms with Crippen LogP contribution in [0.25, 0.3) is 21.8 Å². The predicted octanol–water partition coefficient (Wildman–Crippen LogP) is 4.77. The maximum atomic E-state index is 13.5. The molecule has 0 spiro atoms. The van der Waals surface area contributed by atoms with E-state index in [9.17, 15) is 9.59 Å². The molecule has 29 heavy (non-hydrogen) atoms. The maximum Gasteiger partial charge on any atom is 0.275 e. The van der Waals surface area contributed by atoms with Crippen LogP contribution in [0.5, 0.6) is 0 Å². The second-order valence-corrected chi connectivity index (χ2v) is 8.79. The van der Waals surface area contributed by atoms with Crippen LogP contribution in [-0.4, -0.2) is 21.6 Å². The van der Waals surface area contributed by atoms with E-state index < -0.39 is 0 Å². The summed E-state index contributed by atoms with van der Waals surface area (Å²) in [5, 5.41) is 4.83. The van der Waals surface area contributed by atoms with Crippen molar-refractivity contribution in [3.05, 3.63) is 46.4 Å². The molecule has 3 aromatic rings. The molecule has 2 aromatic heterocycles. The lowest BCUT2D eigenvalue weighted by atomic mass is 9.95. The van der Waals surface area contributed by atoms with Crippen LogP contribution in [0.15, 0.2) is 35.3 Å². The first-order valence-corrected chi connectivity index (χ1v) is 10.9. The van der Waals surface area contributed by atoms with Gasteiger partial charge in [-0.1, -0.05) is 51.3 Å². The minimum atomic E-state index is -0.0865. The molecule has 154 valence electrons. The largest absolute Gasteiger partial charge is 0.352 e. The minimum Gasteiger partial charge on any atom is -0.352 e. The highest BCUT2D eigenvalue weighted by atomic mass is 16.2. The Morgan fingerprint density at radius 3 is 2.62 bits per heavy atom. The van der Waals surface area contributed by atoms with E-state index in [4.69, 9.17) is 0 Å². The van der Waals surface area contributed by atoms with Gasteiger partial charge in [-0.15, -0.1) is 0 Å². The highest BCUT2D eigenvalue weighted by molar-refractivity contribution is 6.17. The Labute approximate surface area is 171 Å². The van der Waals surface area contributed by atoms with E-state index in [0.29, 0.717) is 23.5 Å².